The minimum Gasteiger partial charge on any atom is -0.478 e. The van der Waals surface area contributed by atoms with Crippen LogP contribution < -0.4 is 4.90 Å². The Hall–Kier alpha value is -1.30. The fourth-order valence-electron chi connectivity index (χ4n) is 1.71. The topological polar surface area (TPSA) is 66.8 Å². The van der Waals surface area contributed by atoms with Gasteiger partial charge < -0.3 is 14.7 Å². The molecule has 1 N–H and O–H groups in total. The molecule has 18 heavy (non-hydrogen) atoms. The zero-order chi connectivity index (χ0) is 13.3. The zero-order valence-corrected chi connectivity index (χ0v) is 10.7. The lowest BCUT2D eigenvalue weighted by Crippen LogP contribution is -2.42. The molecule has 1 aliphatic rings. The third kappa shape index (κ3) is 2.29. The highest BCUT2D eigenvalue weighted by Crippen LogP contribution is 2.37. The summed E-state index contributed by atoms with van der Waals surface area (Å²) in [5.41, 5.74) is 0.141. The number of halogens is 2. The van der Waals surface area contributed by atoms with Crippen LogP contribution >= 0.6 is 23.2 Å². The van der Waals surface area contributed by atoms with Crippen LogP contribution in [0, 0.1) is 0 Å². The smallest absolute Gasteiger partial charge is 0.337 e. The minimum absolute atomic E-state index is 0.0368. The van der Waals surface area contributed by atoms with E-state index in [-0.39, 0.29) is 33.8 Å². The van der Waals surface area contributed by atoms with Gasteiger partial charge in [-0.05, 0) is 12.1 Å². The molecule has 0 aliphatic carbocycles. The van der Waals surface area contributed by atoms with Crippen molar-refractivity contribution >= 4 is 40.8 Å². The fraction of sp³-hybridized carbons (Fsp3) is 0.273. The highest BCUT2D eigenvalue weighted by molar-refractivity contribution is 6.41. The van der Waals surface area contributed by atoms with Crippen LogP contribution in [0.1, 0.15) is 10.4 Å². The van der Waals surface area contributed by atoms with E-state index < -0.39 is 5.97 Å². The van der Waals surface area contributed by atoms with E-state index in [2.05, 4.69) is 0 Å². The number of benzene rings is 1. The molecule has 0 unspecified atom stereocenters. The Morgan fingerprint density at radius 1 is 1.39 bits per heavy atom. The molecule has 0 aromatic heterocycles. The lowest BCUT2D eigenvalue weighted by atomic mass is 10.1. The molecule has 2 rings (SSSR count). The van der Waals surface area contributed by atoms with Gasteiger partial charge >= 0.3 is 5.97 Å². The molecular formula is C11H9Cl2NO4. The summed E-state index contributed by atoms with van der Waals surface area (Å²) in [7, 11) is 0. The predicted molar refractivity (Wildman–Crippen MR) is 66.6 cm³/mol. The van der Waals surface area contributed by atoms with Crippen LogP contribution in [0.15, 0.2) is 12.1 Å². The lowest BCUT2D eigenvalue weighted by Gasteiger charge is -2.28. The number of carbonyl (C=O) groups excluding carboxylic acids is 1. The highest BCUT2D eigenvalue weighted by Gasteiger charge is 2.26. The van der Waals surface area contributed by atoms with Crippen LogP contribution in [0.2, 0.25) is 10.0 Å². The Kier molecular flexibility index (Phi) is 3.75. The molecule has 1 aromatic carbocycles. The van der Waals surface area contributed by atoms with E-state index in [1.165, 1.54) is 17.0 Å². The first-order valence-corrected chi connectivity index (χ1v) is 5.87. The SMILES string of the molecule is O=C(O)c1ccc(Cl)c(N2CCOCC2=O)c1Cl. The summed E-state index contributed by atoms with van der Waals surface area (Å²) in [6, 6.07) is 2.72. The van der Waals surface area contributed by atoms with Gasteiger partial charge in [-0.15, -0.1) is 0 Å². The van der Waals surface area contributed by atoms with Crippen LogP contribution in [0.3, 0.4) is 0 Å². The third-order valence-electron chi connectivity index (χ3n) is 2.55. The molecular weight excluding hydrogens is 281 g/mol. The van der Waals surface area contributed by atoms with Crippen LogP contribution in [-0.2, 0) is 9.53 Å². The Morgan fingerprint density at radius 3 is 2.72 bits per heavy atom. The van der Waals surface area contributed by atoms with Crippen LogP contribution in [0.4, 0.5) is 5.69 Å². The number of carboxylic acid groups (broad SMARTS) is 1. The molecule has 1 fully saturated rings. The first-order valence-electron chi connectivity index (χ1n) is 5.11. The van der Waals surface area contributed by atoms with Gasteiger partial charge in [-0.1, -0.05) is 23.2 Å². The number of nitrogens with zero attached hydrogens (tertiary/aromatic N) is 1. The number of ether oxygens (including phenoxy) is 1. The fourth-order valence-corrected chi connectivity index (χ4v) is 2.36. The molecule has 1 heterocycles. The maximum Gasteiger partial charge on any atom is 0.337 e. The number of morpholine rings is 1. The van der Waals surface area contributed by atoms with Gasteiger partial charge in [0.15, 0.2) is 0 Å². The summed E-state index contributed by atoms with van der Waals surface area (Å²) in [5, 5.41) is 9.19. The third-order valence-corrected chi connectivity index (χ3v) is 3.24. The maximum atomic E-state index is 11.7. The summed E-state index contributed by atoms with van der Waals surface area (Å²) in [6.07, 6.45) is 0. The second kappa shape index (κ2) is 5.14. The van der Waals surface area contributed by atoms with E-state index in [9.17, 15) is 9.59 Å². The molecule has 1 saturated heterocycles. The lowest BCUT2D eigenvalue weighted by molar-refractivity contribution is -0.125. The van der Waals surface area contributed by atoms with Gasteiger partial charge in [0.2, 0.25) is 0 Å². The van der Waals surface area contributed by atoms with Crippen molar-refractivity contribution in [3.05, 3.63) is 27.7 Å². The summed E-state index contributed by atoms with van der Waals surface area (Å²) < 4.78 is 5.00. The van der Waals surface area contributed by atoms with Gasteiger partial charge in [-0.2, -0.15) is 0 Å². The second-order valence-corrected chi connectivity index (χ2v) is 4.45. The Bertz CT molecular complexity index is 518. The number of rotatable bonds is 2. The molecule has 0 bridgehead atoms. The average molecular weight is 290 g/mol. The predicted octanol–water partition coefficient (Wildman–Crippen LogP) is 2.05. The van der Waals surface area contributed by atoms with Crippen molar-refractivity contribution in [3.8, 4) is 0 Å². The molecule has 0 atom stereocenters. The Labute approximate surface area is 113 Å². The van der Waals surface area contributed by atoms with Gasteiger partial charge in [0.1, 0.15) is 6.61 Å². The van der Waals surface area contributed by atoms with Crippen molar-refractivity contribution in [1.29, 1.82) is 0 Å². The summed E-state index contributed by atoms with van der Waals surface area (Å²) in [5.74, 6) is -1.47. The van der Waals surface area contributed by atoms with E-state index >= 15 is 0 Å². The standard InChI is InChI=1S/C11H9Cl2NO4/c12-7-2-1-6(11(16)17)9(13)10(7)14-3-4-18-5-8(14)15/h1-2H,3-5H2,(H,16,17). The second-order valence-electron chi connectivity index (χ2n) is 3.66. The molecule has 7 heteroatoms. The van der Waals surface area contributed by atoms with E-state index in [0.29, 0.717) is 13.2 Å². The molecule has 1 aromatic rings. The summed E-state index contributed by atoms with van der Waals surface area (Å²) in [4.78, 5) is 24.1. The number of aromatic carboxylic acids is 1. The van der Waals surface area contributed by atoms with Crippen molar-refractivity contribution in [3.63, 3.8) is 0 Å². The number of carboxylic acids is 1. The number of anilines is 1. The minimum atomic E-state index is -1.17. The van der Waals surface area contributed by atoms with E-state index in [1.807, 2.05) is 0 Å². The first kappa shape index (κ1) is 13.1. The van der Waals surface area contributed by atoms with E-state index in [0.717, 1.165) is 0 Å². The van der Waals surface area contributed by atoms with Gasteiger partial charge in [-0.3, -0.25) is 4.79 Å². The largest absolute Gasteiger partial charge is 0.478 e. The van der Waals surface area contributed by atoms with Crippen molar-refractivity contribution in [2.24, 2.45) is 0 Å². The number of hydrogen-bond acceptors (Lipinski definition) is 3. The zero-order valence-electron chi connectivity index (χ0n) is 9.15. The van der Waals surface area contributed by atoms with Gasteiger partial charge in [0, 0.05) is 6.54 Å². The van der Waals surface area contributed by atoms with Crippen molar-refractivity contribution in [1.82, 2.24) is 0 Å². The summed E-state index contributed by atoms with van der Waals surface area (Å²) in [6.45, 7) is 0.584. The number of amides is 1. The maximum absolute atomic E-state index is 11.7. The normalized spacial score (nSPS) is 15.9. The van der Waals surface area contributed by atoms with Crippen LogP contribution in [0.25, 0.3) is 0 Å². The van der Waals surface area contributed by atoms with Gasteiger partial charge in [0.25, 0.3) is 5.91 Å². The van der Waals surface area contributed by atoms with Crippen molar-refractivity contribution < 1.29 is 19.4 Å². The molecule has 5 nitrogen and oxygen atoms in total. The molecule has 1 amide bonds. The average Bonchev–Trinajstić information content (AvgIpc) is 2.31. The molecule has 1 aliphatic heterocycles. The Morgan fingerprint density at radius 2 is 2.11 bits per heavy atom. The van der Waals surface area contributed by atoms with Crippen LogP contribution in [-0.4, -0.2) is 36.7 Å². The van der Waals surface area contributed by atoms with Crippen molar-refractivity contribution in [2.75, 3.05) is 24.7 Å². The van der Waals surface area contributed by atoms with E-state index in [4.69, 9.17) is 33.0 Å². The van der Waals surface area contributed by atoms with Crippen LogP contribution in [0.5, 0.6) is 0 Å². The highest BCUT2D eigenvalue weighted by atomic mass is 35.5. The molecule has 0 saturated carbocycles. The quantitative estimate of drug-likeness (QED) is 0.905. The van der Waals surface area contributed by atoms with Gasteiger partial charge in [-0.25, -0.2) is 4.79 Å². The monoisotopic (exact) mass is 289 g/mol. The van der Waals surface area contributed by atoms with Gasteiger partial charge in [0.05, 0.1) is 27.9 Å². The Balaban J connectivity index is 2.51. The summed E-state index contributed by atoms with van der Waals surface area (Å²) >= 11 is 12.0. The number of carbonyl (C=O) groups is 2. The molecule has 0 spiro atoms. The van der Waals surface area contributed by atoms with Crippen molar-refractivity contribution in [2.45, 2.75) is 0 Å². The number of hydrogen-bond donors (Lipinski definition) is 1. The molecule has 0 radical (unpaired) electrons. The van der Waals surface area contributed by atoms with E-state index in [1.54, 1.807) is 0 Å². The first-order chi connectivity index (χ1) is 8.52. The molecule has 96 valence electrons.